The maximum absolute atomic E-state index is 16.2. The van der Waals surface area contributed by atoms with Crippen LogP contribution in [0, 0.1) is 34.3 Å². The lowest BCUT2D eigenvalue weighted by molar-refractivity contribution is -0.221. The van der Waals surface area contributed by atoms with E-state index in [-0.39, 0.29) is 17.9 Å². The number of hydrogen-bond donors (Lipinski definition) is 6. The highest BCUT2D eigenvalue weighted by atomic mass is 19.4. The Morgan fingerprint density at radius 3 is 1.96 bits per heavy atom. The minimum absolute atomic E-state index is 0.0433. The number of rotatable bonds is 18. The highest BCUT2D eigenvalue weighted by Crippen LogP contribution is 2.42. The molecular weight excluding hydrogens is 1080 g/mol. The zero-order valence-corrected chi connectivity index (χ0v) is 44.8. The van der Waals surface area contributed by atoms with Crippen molar-refractivity contribution in [2.45, 2.75) is 121 Å². The molecule has 19 nitrogen and oxygen atoms in total. The SMILES string of the molecule is COC(=O)N[C@H](C(=O)N[C@@H](Cc1ccc(C#Cc2ccc(N3CC4CCC(C3)N4C3COC3)nc2)cc1)[C@@H](O)CN(Cc1c(F)cc(-c2cc3n(n2)CCOC3)cc1F)NC(=O)[C@@H](NC(=O)O)C(C)(C)C(F)(F)F)C(C)(C)C(F)(F)F. The third-order valence-electron chi connectivity index (χ3n) is 15.4. The number of ether oxygens (including phenoxy) is 3. The first-order valence-corrected chi connectivity index (χ1v) is 25.9. The zero-order chi connectivity index (χ0) is 58.8. The number of methoxy groups -OCH3 is 1. The van der Waals surface area contributed by atoms with Crippen LogP contribution in [-0.4, -0.2) is 160 Å². The Kier molecular flexibility index (Phi) is 17.9. The van der Waals surface area contributed by atoms with Crippen LogP contribution in [0.1, 0.15) is 68.5 Å². The molecule has 0 radical (unpaired) electrons. The van der Waals surface area contributed by atoms with Gasteiger partial charge in [-0.05, 0) is 95.0 Å². The fourth-order valence-corrected chi connectivity index (χ4v) is 10.3. The van der Waals surface area contributed by atoms with Gasteiger partial charge in [-0.1, -0.05) is 24.0 Å². The second-order valence-electron chi connectivity index (χ2n) is 21.6. The van der Waals surface area contributed by atoms with Crippen molar-refractivity contribution in [1.82, 2.24) is 46.0 Å². The summed E-state index contributed by atoms with van der Waals surface area (Å²) in [5.74, 6) is 1.16. The summed E-state index contributed by atoms with van der Waals surface area (Å²) in [7, 11) is 0.838. The van der Waals surface area contributed by atoms with Crippen LogP contribution in [0.3, 0.4) is 0 Å². The van der Waals surface area contributed by atoms with Crippen LogP contribution < -0.4 is 26.3 Å². The normalized spacial score (nSPS) is 19.3. The molecule has 4 aromatic rings. The number of hydrazine groups is 1. The number of carbonyl (C=O) groups is 4. The topological polar surface area (TPSA) is 225 Å². The van der Waals surface area contributed by atoms with Crippen LogP contribution in [0.2, 0.25) is 0 Å². The number of carboxylic acid groups (broad SMARTS) is 1. The number of halogens is 8. The van der Waals surface area contributed by atoms with E-state index in [4.69, 9.17) is 9.47 Å². The summed E-state index contributed by atoms with van der Waals surface area (Å²) >= 11 is 0. The number of pyridine rings is 1. The molecule has 0 aliphatic carbocycles. The second kappa shape index (κ2) is 24.1. The average Bonchev–Trinajstić information content (AvgIpc) is 4.10. The number of benzene rings is 2. The van der Waals surface area contributed by atoms with Crippen molar-refractivity contribution in [2.75, 3.05) is 51.5 Å². The molecule has 438 valence electrons. The quantitative estimate of drug-likeness (QED) is 0.0402. The molecule has 3 saturated heterocycles. The van der Waals surface area contributed by atoms with Crippen LogP contribution in [0.5, 0.6) is 0 Å². The molecule has 4 amide bonds. The number of aliphatic hydroxyl groups is 1. The number of alkyl halides is 6. The highest BCUT2D eigenvalue weighted by molar-refractivity contribution is 5.87. The molecule has 4 aliphatic heterocycles. The van der Waals surface area contributed by atoms with E-state index in [0.717, 1.165) is 64.2 Å². The maximum atomic E-state index is 16.2. The summed E-state index contributed by atoms with van der Waals surface area (Å²) in [5.41, 5.74) is -2.85. The highest BCUT2D eigenvalue weighted by Gasteiger charge is 2.57. The summed E-state index contributed by atoms with van der Waals surface area (Å²) in [6.45, 7) is 4.18. The molecule has 4 aliphatic rings. The van der Waals surface area contributed by atoms with Crippen molar-refractivity contribution in [2.24, 2.45) is 10.8 Å². The van der Waals surface area contributed by atoms with Crippen LogP contribution in [0.4, 0.5) is 50.5 Å². The number of alkyl carbamates (subject to hydrolysis) is 1. The fraction of sp³-hybridized carbons (Fsp3) is 0.519. The number of nitrogens with zero attached hydrogens (tertiary/aromatic N) is 6. The summed E-state index contributed by atoms with van der Waals surface area (Å²) < 4.78 is 136. The van der Waals surface area contributed by atoms with E-state index < -0.39 is 108 Å². The fourth-order valence-electron chi connectivity index (χ4n) is 10.3. The van der Waals surface area contributed by atoms with Crippen LogP contribution >= 0.6 is 0 Å². The van der Waals surface area contributed by atoms with Gasteiger partial charge in [0.25, 0.3) is 5.91 Å². The summed E-state index contributed by atoms with van der Waals surface area (Å²) in [5, 5.41) is 32.3. The van der Waals surface area contributed by atoms with Crippen molar-refractivity contribution in [3.63, 3.8) is 0 Å². The number of amides is 4. The molecule has 2 aromatic heterocycles. The maximum Gasteiger partial charge on any atom is 0.407 e. The third kappa shape index (κ3) is 13.6. The van der Waals surface area contributed by atoms with Gasteiger partial charge in [-0.3, -0.25) is 24.6 Å². The molecule has 6 atom stereocenters. The first-order valence-electron chi connectivity index (χ1n) is 25.9. The van der Waals surface area contributed by atoms with Crippen molar-refractivity contribution < 1.29 is 78.7 Å². The standard InChI is InChI=1S/C54H62F8N10O9/c1-51(2,53(57,58)59)45(66-50(78)79-5)47(74)64-42(18-31-9-6-30(7-10-31)8-11-32-12-15-44(63-22-32)69-23-34-13-14-35(24-69)72(34)37-28-81-29-37)43(73)26-70(68-48(75)46(65-49(76)77)52(3,4)54(60,61)62)25-38-39(55)19-33(20-40(38)56)41-21-36-27-80-17-16-71(36)67-41/h6-7,9-10,12,15,19-22,34-35,37,42-43,45-46,65,73H,13-14,16-18,23-29H2,1-5H3,(H,64,74)(H,66,78)(H,68,75)(H,76,77)/t34?,35?,42-,43-,45+,46+/m0/s1. The van der Waals surface area contributed by atoms with Gasteiger partial charge >= 0.3 is 24.5 Å². The van der Waals surface area contributed by atoms with Gasteiger partial charge in [0.1, 0.15) is 29.5 Å². The Morgan fingerprint density at radius 1 is 0.815 bits per heavy atom. The number of hydrogen-bond acceptors (Lipinski definition) is 13. The number of anilines is 1. The molecule has 2 aromatic carbocycles. The van der Waals surface area contributed by atoms with Crippen LogP contribution in [-0.2, 0) is 49.9 Å². The molecule has 81 heavy (non-hydrogen) atoms. The van der Waals surface area contributed by atoms with E-state index in [1.54, 1.807) is 29.1 Å². The van der Waals surface area contributed by atoms with Crippen LogP contribution in [0.15, 0.2) is 60.8 Å². The summed E-state index contributed by atoms with van der Waals surface area (Å²) in [6.07, 6.45) is -12.6. The first-order chi connectivity index (χ1) is 38.1. The van der Waals surface area contributed by atoms with Gasteiger partial charge in [-0.25, -0.2) is 28.4 Å². The van der Waals surface area contributed by atoms with E-state index in [2.05, 4.69) is 41.8 Å². The van der Waals surface area contributed by atoms with Crippen LogP contribution in [0.25, 0.3) is 11.3 Å². The Morgan fingerprint density at radius 2 is 1.42 bits per heavy atom. The van der Waals surface area contributed by atoms with E-state index in [1.807, 2.05) is 22.9 Å². The summed E-state index contributed by atoms with van der Waals surface area (Å²) in [6, 6.07) is 7.75. The van der Waals surface area contributed by atoms with Gasteiger partial charge in [0, 0.05) is 66.7 Å². The number of nitrogens with one attached hydrogen (secondary N) is 4. The minimum Gasteiger partial charge on any atom is -0.465 e. The third-order valence-corrected chi connectivity index (χ3v) is 15.4. The number of carbonyl (C=O) groups excluding carboxylic acids is 3. The van der Waals surface area contributed by atoms with Crippen molar-refractivity contribution >= 4 is 29.8 Å². The predicted octanol–water partition coefficient (Wildman–Crippen LogP) is 5.66. The lowest BCUT2D eigenvalue weighted by atomic mass is 9.82. The average molecular weight is 1150 g/mol. The molecule has 0 saturated carbocycles. The minimum atomic E-state index is -5.24. The Hall–Kier alpha value is -7.12. The first kappa shape index (κ1) is 60.0. The molecule has 27 heteroatoms. The molecule has 2 bridgehead atoms. The molecule has 6 N–H and O–H groups in total. The Bertz CT molecular complexity index is 2940. The van der Waals surface area contributed by atoms with Gasteiger partial charge in [0.2, 0.25) is 5.91 Å². The van der Waals surface area contributed by atoms with Gasteiger partial charge in [-0.15, -0.1) is 0 Å². The van der Waals surface area contributed by atoms with Gasteiger partial charge in [0.15, 0.2) is 0 Å². The van der Waals surface area contributed by atoms with E-state index in [1.165, 1.54) is 17.4 Å². The second-order valence-corrected chi connectivity index (χ2v) is 21.6. The molecule has 8 rings (SSSR count). The monoisotopic (exact) mass is 1150 g/mol. The van der Waals surface area contributed by atoms with E-state index in [0.29, 0.717) is 86.4 Å². The number of fused-ring (bicyclic) bond motifs is 3. The van der Waals surface area contributed by atoms with E-state index >= 15 is 8.78 Å². The Labute approximate surface area is 460 Å². The zero-order valence-electron chi connectivity index (χ0n) is 44.8. The number of aromatic nitrogens is 3. The molecular formula is C54H62F8N10O9. The lowest BCUT2D eigenvalue weighted by Gasteiger charge is -2.47. The molecule has 3 fully saturated rings. The predicted molar refractivity (Wildman–Crippen MR) is 274 cm³/mol. The van der Waals surface area contributed by atoms with E-state index in [9.17, 15) is 55.7 Å². The molecule has 2 unspecified atom stereocenters. The summed E-state index contributed by atoms with van der Waals surface area (Å²) in [4.78, 5) is 61.9. The van der Waals surface area contributed by atoms with Gasteiger partial charge < -0.3 is 45.3 Å². The van der Waals surface area contributed by atoms with Crippen molar-refractivity contribution in [3.8, 4) is 23.1 Å². The number of piperazine rings is 1. The van der Waals surface area contributed by atoms with Crippen molar-refractivity contribution in [1.29, 1.82) is 0 Å². The smallest absolute Gasteiger partial charge is 0.407 e. The molecule has 6 heterocycles. The Balaban J connectivity index is 1.07. The van der Waals surface area contributed by atoms with Gasteiger partial charge in [0.05, 0.1) is 80.5 Å². The number of aliphatic hydroxyl groups excluding tert-OH is 1. The van der Waals surface area contributed by atoms with Crippen molar-refractivity contribution in [3.05, 3.63) is 100 Å². The lowest BCUT2D eigenvalue weighted by Crippen LogP contribution is -2.63. The van der Waals surface area contributed by atoms with Gasteiger partial charge in [-0.2, -0.15) is 31.4 Å². The largest absolute Gasteiger partial charge is 0.465 e. The molecule has 0 spiro atoms.